The van der Waals surface area contributed by atoms with Gasteiger partial charge in [0, 0.05) is 17.1 Å². The number of rotatable bonds is 4. The van der Waals surface area contributed by atoms with Crippen molar-refractivity contribution in [2.45, 2.75) is 19.4 Å². The van der Waals surface area contributed by atoms with E-state index in [0.717, 1.165) is 16.5 Å². The van der Waals surface area contributed by atoms with E-state index in [1.807, 2.05) is 30.3 Å². The second-order valence-corrected chi connectivity index (χ2v) is 4.60. The molecule has 2 unspecified atom stereocenters. The average Bonchev–Trinajstić information content (AvgIpc) is 2.45. The quantitative estimate of drug-likeness (QED) is 0.857. The molecule has 1 aromatic heterocycles. The number of aliphatic hydroxyl groups excluding tert-OH is 1. The molecule has 0 radical (unpaired) electrons. The summed E-state index contributed by atoms with van der Waals surface area (Å²) in [5, 5.41) is 11.3. The molecule has 2 aromatic rings. The molecule has 0 amide bonds. The number of carbonyl (C=O) groups excluding carboxylic acids is 1. The number of hydrogen-bond donors (Lipinski definition) is 1. The van der Waals surface area contributed by atoms with Gasteiger partial charge in [0.25, 0.3) is 0 Å². The predicted octanol–water partition coefficient (Wildman–Crippen LogP) is 2.47. The smallest absolute Gasteiger partial charge is 0.308 e. The second kappa shape index (κ2) is 5.80. The largest absolute Gasteiger partial charge is 0.469 e. The van der Waals surface area contributed by atoms with Crippen LogP contribution in [0.15, 0.2) is 36.5 Å². The molecule has 0 saturated carbocycles. The highest BCUT2D eigenvalue weighted by Gasteiger charge is 2.20. The minimum Gasteiger partial charge on any atom is -0.469 e. The number of nitrogens with zero attached hydrogens (tertiary/aromatic N) is 1. The zero-order valence-electron chi connectivity index (χ0n) is 11.0. The topological polar surface area (TPSA) is 59.4 Å². The van der Waals surface area contributed by atoms with Gasteiger partial charge in [0.05, 0.1) is 24.6 Å². The van der Waals surface area contributed by atoms with Crippen molar-refractivity contribution < 1.29 is 14.6 Å². The van der Waals surface area contributed by atoms with E-state index < -0.39 is 6.10 Å². The number of methoxy groups -OCH3 is 1. The summed E-state index contributed by atoms with van der Waals surface area (Å²) >= 11 is 0. The summed E-state index contributed by atoms with van der Waals surface area (Å²) in [6.45, 7) is 1.74. The molecule has 19 heavy (non-hydrogen) atoms. The van der Waals surface area contributed by atoms with Crippen LogP contribution in [-0.4, -0.2) is 23.2 Å². The third kappa shape index (κ3) is 2.90. The van der Waals surface area contributed by atoms with Crippen LogP contribution in [0.5, 0.6) is 0 Å². The van der Waals surface area contributed by atoms with Crippen LogP contribution in [0, 0.1) is 5.92 Å². The van der Waals surface area contributed by atoms with Crippen LogP contribution in [0.3, 0.4) is 0 Å². The fourth-order valence-electron chi connectivity index (χ4n) is 2.16. The summed E-state index contributed by atoms with van der Waals surface area (Å²) in [5.74, 6) is -0.661. The summed E-state index contributed by atoms with van der Waals surface area (Å²) in [6, 6.07) is 9.47. The highest BCUT2D eigenvalue weighted by atomic mass is 16.5. The number of para-hydroxylation sites is 1. The van der Waals surface area contributed by atoms with Crippen LogP contribution in [-0.2, 0) is 9.53 Å². The Morgan fingerprint density at radius 2 is 2.11 bits per heavy atom. The van der Waals surface area contributed by atoms with E-state index in [2.05, 4.69) is 9.72 Å². The Morgan fingerprint density at radius 1 is 1.37 bits per heavy atom. The van der Waals surface area contributed by atoms with Crippen molar-refractivity contribution >= 4 is 16.9 Å². The number of ether oxygens (including phenoxy) is 1. The average molecular weight is 259 g/mol. The highest BCUT2D eigenvalue weighted by molar-refractivity contribution is 5.82. The monoisotopic (exact) mass is 259 g/mol. The molecule has 0 saturated heterocycles. The maximum atomic E-state index is 11.4. The number of aromatic nitrogens is 1. The maximum absolute atomic E-state index is 11.4. The first kappa shape index (κ1) is 13.5. The van der Waals surface area contributed by atoms with E-state index >= 15 is 0 Å². The third-order valence-corrected chi connectivity index (χ3v) is 3.20. The van der Waals surface area contributed by atoms with Gasteiger partial charge >= 0.3 is 5.97 Å². The Morgan fingerprint density at radius 3 is 2.84 bits per heavy atom. The van der Waals surface area contributed by atoms with Gasteiger partial charge in [0.2, 0.25) is 0 Å². The van der Waals surface area contributed by atoms with Crippen molar-refractivity contribution in [1.29, 1.82) is 0 Å². The maximum Gasteiger partial charge on any atom is 0.308 e. The van der Waals surface area contributed by atoms with E-state index in [-0.39, 0.29) is 11.9 Å². The van der Waals surface area contributed by atoms with Gasteiger partial charge in [-0.1, -0.05) is 31.2 Å². The molecule has 0 spiro atoms. The predicted molar refractivity (Wildman–Crippen MR) is 72.5 cm³/mol. The molecule has 0 aliphatic carbocycles. The number of fused-ring (bicyclic) bond motifs is 1. The van der Waals surface area contributed by atoms with Crippen LogP contribution in [0.2, 0.25) is 0 Å². The first-order valence-corrected chi connectivity index (χ1v) is 6.23. The van der Waals surface area contributed by atoms with Crippen molar-refractivity contribution in [3.8, 4) is 0 Å². The summed E-state index contributed by atoms with van der Waals surface area (Å²) in [6.07, 6.45) is 1.29. The van der Waals surface area contributed by atoms with E-state index in [4.69, 9.17) is 0 Å². The molecule has 0 aliphatic rings. The van der Waals surface area contributed by atoms with Gasteiger partial charge in [-0.15, -0.1) is 0 Å². The van der Waals surface area contributed by atoms with Crippen molar-refractivity contribution in [2.75, 3.05) is 7.11 Å². The van der Waals surface area contributed by atoms with Crippen molar-refractivity contribution in [3.05, 3.63) is 42.1 Å². The van der Waals surface area contributed by atoms with Crippen molar-refractivity contribution in [3.63, 3.8) is 0 Å². The minimum absolute atomic E-state index is 0.313. The Hall–Kier alpha value is -1.94. The lowest BCUT2D eigenvalue weighted by Crippen LogP contribution is -2.16. The standard InChI is InChI=1S/C15H17NO3/c1-10(15(18)19-2)9-13(17)12-7-3-5-11-6-4-8-16-14(11)12/h3-8,10,13,17H,9H2,1-2H3. The van der Waals surface area contributed by atoms with Gasteiger partial charge in [0.1, 0.15) is 0 Å². The zero-order valence-corrected chi connectivity index (χ0v) is 11.0. The van der Waals surface area contributed by atoms with Gasteiger partial charge in [-0.05, 0) is 12.5 Å². The van der Waals surface area contributed by atoms with Gasteiger partial charge in [0.15, 0.2) is 0 Å². The van der Waals surface area contributed by atoms with Crippen LogP contribution >= 0.6 is 0 Å². The molecule has 1 N–H and O–H groups in total. The minimum atomic E-state index is -0.729. The lowest BCUT2D eigenvalue weighted by molar-refractivity contribution is -0.145. The van der Waals surface area contributed by atoms with E-state index in [0.29, 0.717) is 6.42 Å². The molecule has 100 valence electrons. The number of esters is 1. The van der Waals surface area contributed by atoms with Crippen LogP contribution in [0.25, 0.3) is 10.9 Å². The summed E-state index contributed by atoms with van der Waals surface area (Å²) in [7, 11) is 1.35. The molecular formula is C15H17NO3. The molecule has 0 aliphatic heterocycles. The number of carbonyl (C=O) groups is 1. The fourth-order valence-corrected chi connectivity index (χ4v) is 2.16. The van der Waals surface area contributed by atoms with Gasteiger partial charge in [-0.2, -0.15) is 0 Å². The summed E-state index contributed by atoms with van der Waals surface area (Å²) in [4.78, 5) is 15.7. The van der Waals surface area contributed by atoms with Crippen molar-refractivity contribution in [2.24, 2.45) is 5.92 Å². The van der Waals surface area contributed by atoms with E-state index in [1.165, 1.54) is 7.11 Å². The molecule has 0 fully saturated rings. The van der Waals surface area contributed by atoms with Gasteiger partial charge in [-0.25, -0.2) is 0 Å². The number of aliphatic hydroxyl groups is 1. The Kier molecular flexibility index (Phi) is 4.12. The summed E-state index contributed by atoms with van der Waals surface area (Å²) < 4.78 is 4.67. The van der Waals surface area contributed by atoms with Crippen LogP contribution in [0.1, 0.15) is 25.0 Å². The van der Waals surface area contributed by atoms with E-state index in [1.54, 1.807) is 13.1 Å². The third-order valence-electron chi connectivity index (χ3n) is 3.20. The van der Waals surface area contributed by atoms with Crippen molar-refractivity contribution in [1.82, 2.24) is 4.98 Å². The van der Waals surface area contributed by atoms with Gasteiger partial charge in [-0.3, -0.25) is 9.78 Å². The van der Waals surface area contributed by atoms with Crippen LogP contribution < -0.4 is 0 Å². The van der Waals surface area contributed by atoms with E-state index in [9.17, 15) is 9.90 Å². The van der Waals surface area contributed by atoms with Crippen LogP contribution in [0.4, 0.5) is 0 Å². The molecule has 1 aromatic carbocycles. The highest BCUT2D eigenvalue weighted by Crippen LogP contribution is 2.27. The molecular weight excluding hydrogens is 242 g/mol. The SMILES string of the molecule is COC(=O)C(C)CC(O)c1cccc2cccnc12. The molecule has 2 atom stereocenters. The molecule has 4 heteroatoms. The number of benzene rings is 1. The number of pyridine rings is 1. The molecule has 1 heterocycles. The summed E-state index contributed by atoms with van der Waals surface area (Å²) in [5.41, 5.74) is 1.52. The Bertz CT molecular complexity index is 577. The fraction of sp³-hybridized carbons (Fsp3) is 0.333. The normalized spacial score (nSPS) is 14.1. The lowest BCUT2D eigenvalue weighted by atomic mass is 9.96. The zero-order chi connectivity index (χ0) is 13.8. The first-order valence-electron chi connectivity index (χ1n) is 6.23. The molecule has 2 rings (SSSR count). The molecule has 4 nitrogen and oxygen atoms in total. The molecule has 0 bridgehead atoms. The number of hydrogen-bond acceptors (Lipinski definition) is 4. The second-order valence-electron chi connectivity index (χ2n) is 4.60. The Labute approximate surface area is 112 Å². The Balaban J connectivity index is 2.26. The van der Waals surface area contributed by atoms with Gasteiger partial charge < -0.3 is 9.84 Å². The lowest BCUT2D eigenvalue weighted by Gasteiger charge is -2.16. The first-order chi connectivity index (χ1) is 9.13.